The van der Waals surface area contributed by atoms with E-state index in [0.717, 1.165) is 19.3 Å². The molecule has 6 heteroatoms. The van der Waals surface area contributed by atoms with Gasteiger partial charge in [0.1, 0.15) is 6.04 Å². The van der Waals surface area contributed by atoms with Crippen molar-refractivity contribution in [2.75, 3.05) is 19.7 Å². The van der Waals surface area contributed by atoms with Crippen molar-refractivity contribution in [3.8, 4) is 0 Å². The zero-order chi connectivity index (χ0) is 15.8. The Morgan fingerprint density at radius 1 is 1.38 bits per heavy atom. The molecule has 0 aromatic heterocycles. The monoisotopic (exact) mass is 300 g/mol. The van der Waals surface area contributed by atoms with Crippen molar-refractivity contribution in [3.05, 3.63) is 0 Å². The number of carbonyl (C=O) groups is 2. The van der Waals surface area contributed by atoms with Crippen molar-refractivity contribution >= 4 is 12.0 Å². The van der Waals surface area contributed by atoms with Gasteiger partial charge in [-0.25, -0.2) is 9.59 Å². The molecule has 122 valence electrons. The van der Waals surface area contributed by atoms with Crippen molar-refractivity contribution in [2.45, 2.75) is 58.6 Å². The number of urea groups is 1. The van der Waals surface area contributed by atoms with E-state index in [1.165, 1.54) is 4.90 Å². The smallest absolute Gasteiger partial charge is 0.326 e. The third-order valence-electron chi connectivity index (χ3n) is 3.71. The molecule has 6 nitrogen and oxygen atoms in total. The minimum atomic E-state index is -0.915. The average Bonchev–Trinajstić information content (AvgIpc) is 2.41. The number of piperidine rings is 1. The number of amides is 2. The molecule has 1 aliphatic heterocycles. The lowest BCUT2D eigenvalue weighted by molar-refractivity contribution is -0.143. The molecule has 2 N–H and O–H groups in total. The van der Waals surface area contributed by atoms with Gasteiger partial charge in [-0.05, 0) is 45.4 Å². The predicted molar refractivity (Wildman–Crippen MR) is 80.2 cm³/mol. The Bertz CT molecular complexity index is 347. The summed E-state index contributed by atoms with van der Waals surface area (Å²) < 4.78 is 5.42. The van der Waals surface area contributed by atoms with Crippen molar-refractivity contribution in [2.24, 2.45) is 5.92 Å². The van der Waals surface area contributed by atoms with Crippen LogP contribution in [-0.2, 0) is 9.53 Å². The molecule has 0 aromatic carbocycles. The Morgan fingerprint density at radius 2 is 2.10 bits per heavy atom. The Balaban J connectivity index is 2.28. The fourth-order valence-electron chi connectivity index (χ4n) is 2.46. The molecule has 1 heterocycles. The van der Waals surface area contributed by atoms with E-state index in [1.807, 2.05) is 20.8 Å². The van der Waals surface area contributed by atoms with Gasteiger partial charge >= 0.3 is 12.0 Å². The van der Waals surface area contributed by atoms with Crippen LogP contribution >= 0.6 is 0 Å². The summed E-state index contributed by atoms with van der Waals surface area (Å²) in [6, 6.07) is -0.961. The fourth-order valence-corrected chi connectivity index (χ4v) is 2.46. The lowest BCUT2D eigenvalue weighted by Crippen LogP contribution is -2.53. The van der Waals surface area contributed by atoms with E-state index in [1.54, 1.807) is 0 Å². The van der Waals surface area contributed by atoms with Crippen LogP contribution in [-0.4, -0.2) is 53.8 Å². The topological polar surface area (TPSA) is 78.9 Å². The van der Waals surface area contributed by atoms with Crippen LogP contribution in [0.1, 0.15) is 46.5 Å². The summed E-state index contributed by atoms with van der Waals surface area (Å²) in [5.74, 6) is -0.564. The largest absolute Gasteiger partial charge is 0.480 e. The van der Waals surface area contributed by atoms with Gasteiger partial charge in [0, 0.05) is 19.7 Å². The highest BCUT2D eigenvalue weighted by Gasteiger charge is 2.34. The van der Waals surface area contributed by atoms with Gasteiger partial charge in [0.05, 0.1) is 6.10 Å². The lowest BCUT2D eigenvalue weighted by atomic mass is 9.93. The first kappa shape index (κ1) is 17.8. The van der Waals surface area contributed by atoms with E-state index in [4.69, 9.17) is 4.74 Å². The number of carboxylic acids is 1. The molecule has 0 bridgehead atoms. The molecule has 2 amide bonds. The number of unbranched alkanes of at least 4 members (excludes halogenated alkanes) is 1. The van der Waals surface area contributed by atoms with E-state index in [2.05, 4.69) is 5.32 Å². The van der Waals surface area contributed by atoms with E-state index in [0.29, 0.717) is 32.0 Å². The van der Waals surface area contributed by atoms with Crippen LogP contribution in [0, 0.1) is 5.92 Å². The second kappa shape index (κ2) is 8.87. The van der Waals surface area contributed by atoms with E-state index < -0.39 is 12.0 Å². The third-order valence-corrected chi connectivity index (χ3v) is 3.71. The third kappa shape index (κ3) is 6.33. The van der Waals surface area contributed by atoms with E-state index in [9.17, 15) is 14.7 Å². The maximum Gasteiger partial charge on any atom is 0.326 e. The molecular weight excluding hydrogens is 272 g/mol. The zero-order valence-electron chi connectivity index (χ0n) is 13.3. The van der Waals surface area contributed by atoms with Gasteiger partial charge in [-0.2, -0.15) is 0 Å². The maximum absolute atomic E-state index is 12.1. The first-order valence-corrected chi connectivity index (χ1v) is 7.80. The van der Waals surface area contributed by atoms with Crippen LogP contribution in [0.2, 0.25) is 0 Å². The molecule has 21 heavy (non-hydrogen) atoms. The normalized spacial score (nSPS) is 22.4. The fraction of sp³-hybridized carbons (Fsp3) is 0.867. The summed E-state index contributed by atoms with van der Waals surface area (Å²) >= 11 is 0. The van der Waals surface area contributed by atoms with Crippen molar-refractivity contribution in [3.63, 3.8) is 0 Å². The second-order valence-corrected chi connectivity index (χ2v) is 6.04. The molecule has 1 fully saturated rings. The predicted octanol–water partition coefficient (Wildman–Crippen LogP) is 2.09. The van der Waals surface area contributed by atoms with E-state index >= 15 is 0 Å². The van der Waals surface area contributed by atoms with Crippen LogP contribution in [0.4, 0.5) is 4.79 Å². The molecule has 0 aliphatic carbocycles. The van der Waals surface area contributed by atoms with Gasteiger partial charge in [-0.3, -0.25) is 0 Å². The Hall–Kier alpha value is -1.30. The number of aliphatic carboxylic acids is 1. The summed E-state index contributed by atoms with van der Waals surface area (Å²) in [5, 5.41) is 12.0. The summed E-state index contributed by atoms with van der Waals surface area (Å²) in [4.78, 5) is 24.8. The van der Waals surface area contributed by atoms with Crippen LogP contribution < -0.4 is 5.32 Å². The van der Waals surface area contributed by atoms with Gasteiger partial charge in [-0.15, -0.1) is 0 Å². The van der Waals surface area contributed by atoms with E-state index in [-0.39, 0.29) is 12.1 Å². The number of rotatable bonds is 7. The van der Waals surface area contributed by atoms with Crippen molar-refractivity contribution in [1.82, 2.24) is 10.2 Å². The highest BCUT2D eigenvalue weighted by Crippen LogP contribution is 2.22. The summed E-state index contributed by atoms with van der Waals surface area (Å²) in [5.41, 5.74) is 0. The molecule has 1 rings (SSSR count). The Labute approximate surface area is 126 Å². The first-order chi connectivity index (χ1) is 9.91. The Kier molecular flexibility index (Phi) is 7.50. The second-order valence-electron chi connectivity index (χ2n) is 6.04. The lowest BCUT2D eigenvalue weighted by Gasteiger charge is -2.35. The molecular formula is C15H28N2O4. The van der Waals surface area contributed by atoms with Crippen LogP contribution in [0.3, 0.4) is 0 Å². The number of carboxylic acid groups (broad SMARTS) is 1. The summed E-state index contributed by atoms with van der Waals surface area (Å²) in [6.07, 6.45) is 3.34. The van der Waals surface area contributed by atoms with Crippen LogP contribution in [0.25, 0.3) is 0 Å². The molecule has 0 spiro atoms. The van der Waals surface area contributed by atoms with Gasteiger partial charge < -0.3 is 20.1 Å². The van der Waals surface area contributed by atoms with Gasteiger partial charge in [0.15, 0.2) is 0 Å². The number of ether oxygens (including phenoxy) is 1. The highest BCUT2D eigenvalue weighted by molar-refractivity contribution is 5.82. The minimum absolute atomic E-state index is 0.228. The van der Waals surface area contributed by atoms with Crippen LogP contribution in [0.5, 0.6) is 0 Å². The number of hydrogen-bond acceptors (Lipinski definition) is 3. The average molecular weight is 300 g/mol. The number of likely N-dealkylation sites (tertiary alicyclic amines) is 1. The van der Waals surface area contributed by atoms with Gasteiger partial charge in [0.2, 0.25) is 0 Å². The van der Waals surface area contributed by atoms with Gasteiger partial charge in [-0.1, -0.05) is 6.92 Å². The highest BCUT2D eigenvalue weighted by atomic mass is 16.5. The number of hydrogen-bond donors (Lipinski definition) is 2. The van der Waals surface area contributed by atoms with Crippen molar-refractivity contribution in [1.29, 1.82) is 0 Å². The molecule has 0 saturated carbocycles. The molecule has 0 radical (unpaired) electrons. The number of nitrogens with one attached hydrogen (secondary N) is 1. The standard InChI is InChI=1S/C15H28N2O4/c1-11(2)21-9-5-4-7-16-15(20)17-8-6-12(3)10-13(17)14(18)19/h11-13H,4-10H2,1-3H3,(H,16,20)(H,18,19). The SMILES string of the molecule is CC1CCN(C(=O)NCCCCOC(C)C)C(C(=O)O)C1. The minimum Gasteiger partial charge on any atom is -0.480 e. The quantitative estimate of drug-likeness (QED) is 0.706. The van der Waals surface area contributed by atoms with Crippen molar-refractivity contribution < 1.29 is 19.4 Å². The molecule has 1 aliphatic rings. The first-order valence-electron chi connectivity index (χ1n) is 7.80. The summed E-state index contributed by atoms with van der Waals surface area (Å²) in [6.45, 7) is 7.77. The number of nitrogens with zero attached hydrogens (tertiary/aromatic N) is 1. The zero-order valence-corrected chi connectivity index (χ0v) is 13.3. The molecule has 2 unspecified atom stereocenters. The maximum atomic E-state index is 12.1. The Morgan fingerprint density at radius 3 is 2.71 bits per heavy atom. The summed E-state index contributed by atoms with van der Waals surface area (Å²) in [7, 11) is 0. The molecule has 0 aromatic rings. The molecule has 2 atom stereocenters. The number of carbonyl (C=O) groups excluding carboxylic acids is 1. The van der Waals surface area contributed by atoms with Gasteiger partial charge in [0.25, 0.3) is 0 Å². The van der Waals surface area contributed by atoms with Crippen LogP contribution in [0.15, 0.2) is 0 Å². The molecule has 1 saturated heterocycles.